The number of nitriles is 1. The van der Waals surface area contributed by atoms with E-state index in [1.165, 1.54) is 11.8 Å². The Labute approximate surface area is 147 Å². The second-order valence-electron chi connectivity index (χ2n) is 6.31. The third kappa shape index (κ3) is 4.13. The second kappa shape index (κ2) is 7.75. The van der Waals surface area contributed by atoms with Crippen LogP contribution in [-0.2, 0) is 11.3 Å². The Morgan fingerprint density at radius 2 is 1.92 bits per heavy atom. The highest BCUT2D eigenvalue weighted by Gasteiger charge is 2.26. The van der Waals surface area contributed by atoms with Crippen molar-refractivity contribution in [3.8, 4) is 6.07 Å². The van der Waals surface area contributed by atoms with Crippen LogP contribution in [0.1, 0.15) is 29.7 Å². The molecule has 6 nitrogen and oxygen atoms in total. The number of aromatic nitrogens is 2. The molecule has 2 heterocycles. The molecule has 0 bridgehead atoms. The average Bonchev–Trinajstić information content (AvgIpc) is 2.67. The van der Waals surface area contributed by atoms with Crippen molar-refractivity contribution in [1.82, 2.24) is 15.3 Å². The summed E-state index contributed by atoms with van der Waals surface area (Å²) in [5.41, 5.74) is 2.66. The van der Waals surface area contributed by atoms with E-state index in [9.17, 15) is 4.79 Å². The Balaban J connectivity index is 1.52. The van der Waals surface area contributed by atoms with Gasteiger partial charge < -0.3 is 10.2 Å². The zero-order valence-corrected chi connectivity index (χ0v) is 14.3. The lowest BCUT2D eigenvalue weighted by atomic mass is 9.95. The lowest BCUT2D eigenvalue weighted by molar-refractivity contribution is -0.125. The van der Waals surface area contributed by atoms with Crippen LogP contribution in [0.5, 0.6) is 0 Å². The van der Waals surface area contributed by atoms with Crippen molar-refractivity contribution in [2.24, 2.45) is 5.92 Å². The summed E-state index contributed by atoms with van der Waals surface area (Å²) in [6.45, 7) is 4.01. The summed E-state index contributed by atoms with van der Waals surface area (Å²) in [6, 6.07) is 10.2. The zero-order chi connectivity index (χ0) is 17.6. The van der Waals surface area contributed by atoms with Gasteiger partial charge in [0.15, 0.2) is 11.5 Å². The molecule has 3 rings (SSSR count). The third-order valence-corrected chi connectivity index (χ3v) is 4.54. The van der Waals surface area contributed by atoms with Crippen molar-refractivity contribution < 1.29 is 4.79 Å². The second-order valence-corrected chi connectivity index (χ2v) is 6.31. The van der Waals surface area contributed by atoms with Gasteiger partial charge in [0, 0.05) is 37.9 Å². The number of aryl methyl sites for hydroxylation is 1. The molecule has 1 fully saturated rings. The van der Waals surface area contributed by atoms with Gasteiger partial charge in [0.25, 0.3) is 0 Å². The fourth-order valence-corrected chi connectivity index (χ4v) is 3.03. The molecule has 0 unspecified atom stereocenters. The van der Waals surface area contributed by atoms with Crippen LogP contribution in [0.25, 0.3) is 0 Å². The standard InChI is InChI=1S/C19H21N5O/c1-14-2-4-15(5-3-14)13-23-19(25)16-6-10-24(11-7-16)18-17(12-20)21-8-9-22-18/h2-5,8-9,16H,6-7,10-11,13H2,1H3,(H,23,25). The zero-order valence-electron chi connectivity index (χ0n) is 14.3. The first-order chi connectivity index (χ1) is 12.2. The minimum atomic E-state index is 0.00362. The van der Waals surface area contributed by atoms with Gasteiger partial charge in [-0.15, -0.1) is 0 Å². The summed E-state index contributed by atoms with van der Waals surface area (Å²) in [6.07, 6.45) is 4.62. The molecule has 1 aromatic carbocycles. The minimum absolute atomic E-state index is 0.00362. The molecule has 1 aliphatic heterocycles. The number of piperidine rings is 1. The molecule has 1 saturated heterocycles. The SMILES string of the molecule is Cc1ccc(CNC(=O)C2CCN(c3nccnc3C#N)CC2)cc1. The van der Waals surface area contributed by atoms with E-state index >= 15 is 0 Å². The molecule has 1 N–H and O–H groups in total. The Morgan fingerprint density at radius 3 is 2.60 bits per heavy atom. The highest BCUT2D eigenvalue weighted by Crippen LogP contribution is 2.23. The summed E-state index contributed by atoms with van der Waals surface area (Å²) >= 11 is 0. The minimum Gasteiger partial charge on any atom is -0.354 e. The number of benzene rings is 1. The van der Waals surface area contributed by atoms with Crippen LogP contribution < -0.4 is 10.2 Å². The van der Waals surface area contributed by atoms with Crippen molar-refractivity contribution >= 4 is 11.7 Å². The molecular weight excluding hydrogens is 314 g/mol. The molecule has 0 radical (unpaired) electrons. The Morgan fingerprint density at radius 1 is 1.24 bits per heavy atom. The van der Waals surface area contributed by atoms with Crippen LogP contribution >= 0.6 is 0 Å². The summed E-state index contributed by atoms with van der Waals surface area (Å²) in [5.74, 6) is 0.715. The summed E-state index contributed by atoms with van der Waals surface area (Å²) in [5, 5.41) is 12.2. The van der Waals surface area contributed by atoms with E-state index in [0.717, 1.165) is 18.4 Å². The number of nitrogens with one attached hydrogen (secondary N) is 1. The molecule has 1 aliphatic rings. The van der Waals surface area contributed by atoms with Crippen LogP contribution in [0.15, 0.2) is 36.7 Å². The van der Waals surface area contributed by atoms with Gasteiger partial charge in [0.2, 0.25) is 5.91 Å². The number of rotatable bonds is 4. The summed E-state index contributed by atoms with van der Waals surface area (Å²) < 4.78 is 0. The number of anilines is 1. The van der Waals surface area contributed by atoms with E-state index in [4.69, 9.17) is 5.26 Å². The van der Waals surface area contributed by atoms with Crippen LogP contribution in [-0.4, -0.2) is 29.0 Å². The van der Waals surface area contributed by atoms with E-state index in [1.54, 1.807) is 6.20 Å². The molecule has 0 saturated carbocycles. The normalized spacial score (nSPS) is 14.8. The van der Waals surface area contributed by atoms with Crippen molar-refractivity contribution in [3.63, 3.8) is 0 Å². The lowest BCUT2D eigenvalue weighted by Crippen LogP contribution is -2.41. The molecule has 128 valence electrons. The highest BCUT2D eigenvalue weighted by atomic mass is 16.1. The van der Waals surface area contributed by atoms with Gasteiger partial charge in [-0.3, -0.25) is 4.79 Å². The number of nitrogens with zero attached hydrogens (tertiary/aromatic N) is 4. The van der Waals surface area contributed by atoms with E-state index in [2.05, 4.69) is 21.4 Å². The number of hydrogen-bond acceptors (Lipinski definition) is 5. The van der Waals surface area contributed by atoms with Gasteiger partial charge in [-0.25, -0.2) is 9.97 Å². The van der Waals surface area contributed by atoms with Crippen LogP contribution in [0.4, 0.5) is 5.82 Å². The monoisotopic (exact) mass is 335 g/mol. The number of carbonyl (C=O) groups excluding carboxylic acids is 1. The molecule has 2 aromatic rings. The van der Waals surface area contributed by atoms with Gasteiger partial charge in [-0.2, -0.15) is 5.26 Å². The fraction of sp³-hybridized carbons (Fsp3) is 0.368. The van der Waals surface area contributed by atoms with Crippen molar-refractivity contribution in [2.75, 3.05) is 18.0 Å². The van der Waals surface area contributed by atoms with Crippen molar-refractivity contribution in [3.05, 3.63) is 53.5 Å². The molecule has 1 aromatic heterocycles. The molecule has 25 heavy (non-hydrogen) atoms. The fourth-order valence-electron chi connectivity index (χ4n) is 3.03. The number of hydrogen-bond donors (Lipinski definition) is 1. The Hall–Kier alpha value is -2.94. The molecule has 0 atom stereocenters. The van der Waals surface area contributed by atoms with E-state index in [1.807, 2.05) is 36.1 Å². The Bertz CT molecular complexity index is 773. The van der Waals surface area contributed by atoms with Crippen LogP contribution in [0, 0.1) is 24.2 Å². The topological polar surface area (TPSA) is 81.9 Å². The first-order valence-electron chi connectivity index (χ1n) is 8.46. The van der Waals surface area contributed by atoms with Crippen molar-refractivity contribution in [1.29, 1.82) is 5.26 Å². The number of carbonyl (C=O) groups is 1. The quantitative estimate of drug-likeness (QED) is 0.926. The first kappa shape index (κ1) is 16.9. The van der Waals surface area contributed by atoms with E-state index in [-0.39, 0.29) is 11.8 Å². The molecule has 1 amide bonds. The van der Waals surface area contributed by atoms with Gasteiger partial charge in [-0.1, -0.05) is 29.8 Å². The maximum atomic E-state index is 12.4. The molecule has 0 spiro atoms. The van der Waals surface area contributed by atoms with Gasteiger partial charge in [-0.05, 0) is 25.3 Å². The maximum absolute atomic E-state index is 12.4. The van der Waals surface area contributed by atoms with E-state index in [0.29, 0.717) is 31.1 Å². The predicted molar refractivity (Wildman–Crippen MR) is 94.7 cm³/mol. The van der Waals surface area contributed by atoms with E-state index < -0.39 is 0 Å². The predicted octanol–water partition coefficient (Wildman–Crippen LogP) is 2.19. The third-order valence-electron chi connectivity index (χ3n) is 4.54. The lowest BCUT2D eigenvalue weighted by Gasteiger charge is -2.32. The average molecular weight is 335 g/mol. The molecule has 6 heteroatoms. The first-order valence-corrected chi connectivity index (χ1v) is 8.46. The smallest absolute Gasteiger partial charge is 0.223 e. The van der Waals surface area contributed by atoms with Gasteiger partial charge in [0.05, 0.1) is 0 Å². The van der Waals surface area contributed by atoms with Crippen molar-refractivity contribution in [2.45, 2.75) is 26.3 Å². The molecular formula is C19H21N5O. The molecule has 0 aliphatic carbocycles. The Kier molecular flexibility index (Phi) is 5.24. The maximum Gasteiger partial charge on any atom is 0.223 e. The van der Waals surface area contributed by atoms with Gasteiger partial charge in [0.1, 0.15) is 6.07 Å². The van der Waals surface area contributed by atoms with Gasteiger partial charge >= 0.3 is 0 Å². The van der Waals surface area contributed by atoms with Crippen LogP contribution in [0.2, 0.25) is 0 Å². The summed E-state index contributed by atoms with van der Waals surface area (Å²) in [4.78, 5) is 22.7. The summed E-state index contributed by atoms with van der Waals surface area (Å²) in [7, 11) is 0. The van der Waals surface area contributed by atoms with Crippen LogP contribution in [0.3, 0.4) is 0 Å². The highest BCUT2D eigenvalue weighted by molar-refractivity contribution is 5.79. The largest absolute Gasteiger partial charge is 0.354 e. The number of amides is 1.